The van der Waals surface area contributed by atoms with Crippen LogP contribution in [-0.2, 0) is 14.4 Å². The van der Waals surface area contributed by atoms with Gasteiger partial charge in [-0.1, -0.05) is 4.21 Å². The maximum atomic E-state index is 11.3. The highest BCUT2D eigenvalue weighted by molar-refractivity contribution is 7.98. The number of nitrogens with two attached hydrogens (primary N) is 1. The summed E-state index contributed by atoms with van der Waals surface area (Å²) in [6.45, 7) is 0. The van der Waals surface area contributed by atoms with E-state index in [9.17, 15) is 8.76 Å². The van der Waals surface area contributed by atoms with Crippen molar-refractivity contribution in [1.29, 1.82) is 0 Å². The average molecular weight is 277 g/mol. The van der Waals surface area contributed by atoms with Gasteiger partial charge in [0.25, 0.3) is 0 Å². The van der Waals surface area contributed by atoms with Crippen molar-refractivity contribution in [2.75, 3.05) is 22.6 Å². The molecule has 6 N–H and O–H groups in total. The lowest BCUT2D eigenvalue weighted by atomic mass is 10.3. The first-order chi connectivity index (χ1) is 7.94. The number of nitrogens with one attached hydrogen (secondary N) is 3. The van der Waals surface area contributed by atoms with Crippen molar-refractivity contribution in [2.45, 2.75) is 12.5 Å². The molecule has 1 aliphatic rings. The van der Waals surface area contributed by atoms with Gasteiger partial charge in [-0.25, -0.2) is 5.10 Å². The summed E-state index contributed by atoms with van der Waals surface area (Å²) in [7, 11) is -2.67. The minimum Gasteiger partial charge on any atom is -0.368 e. The van der Waals surface area contributed by atoms with Crippen LogP contribution in [0.2, 0.25) is 0 Å². The second-order valence-corrected chi connectivity index (χ2v) is 6.47. The summed E-state index contributed by atoms with van der Waals surface area (Å²) >= 11 is 5.03. The molecule has 0 bridgehead atoms. The Balaban J connectivity index is 1.84. The van der Waals surface area contributed by atoms with Crippen LogP contribution in [0.25, 0.3) is 0 Å². The predicted octanol–water partition coefficient (Wildman–Crippen LogP) is -0.582. The Morgan fingerprint density at radius 1 is 1.71 bits per heavy atom. The van der Waals surface area contributed by atoms with E-state index in [0.29, 0.717) is 17.3 Å². The van der Waals surface area contributed by atoms with E-state index in [4.69, 9.17) is 18.0 Å². The molecular weight excluding hydrogens is 264 g/mol. The van der Waals surface area contributed by atoms with Gasteiger partial charge in [-0.2, -0.15) is 9.54 Å². The maximum Gasteiger partial charge on any atom is 0.249 e. The van der Waals surface area contributed by atoms with Crippen LogP contribution in [0.5, 0.6) is 0 Å². The van der Waals surface area contributed by atoms with Gasteiger partial charge in [0.05, 0.1) is 6.04 Å². The summed E-state index contributed by atoms with van der Waals surface area (Å²) in [5.74, 6) is 0.975. The molecule has 0 aliphatic carbocycles. The Hall–Kier alpha value is -1.26. The van der Waals surface area contributed by atoms with Gasteiger partial charge in [0.15, 0.2) is 10.9 Å². The van der Waals surface area contributed by atoms with Crippen molar-refractivity contribution in [1.82, 2.24) is 20.5 Å². The molecule has 1 saturated heterocycles. The smallest absolute Gasteiger partial charge is 0.249 e. The Kier molecular flexibility index (Phi) is 3.26. The molecule has 1 fully saturated rings. The van der Waals surface area contributed by atoms with Crippen LogP contribution in [0.1, 0.15) is 6.42 Å². The normalized spacial score (nSPS) is 27.9. The summed E-state index contributed by atoms with van der Waals surface area (Å²) in [5, 5.41) is 12.2. The highest BCUT2D eigenvalue weighted by Crippen LogP contribution is 2.16. The maximum absolute atomic E-state index is 11.3. The van der Waals surface area contributed by atoms with E-state index in [2.05, 4.69) is 25.8 Å². The molecule has 0 aromatic carbocycles. The van der Waals surface area contributed by atoms with E-state index in [-0.39, 0.29) is 23.7 Å². The van der Waals surface area contributed by atoms with Crippen LogP contribution in [0.3, 0.4) is 0 Å². The molecule has 1 aliphatic heterocycles. The number of aromatic amines is 1. The molecular formula is C7H13N6O2S2+. The third-order valence-electron chi connectivity index (χ3n) is 2.31. The standard InChI is InChI=1S/C7H12N6O2S2/c8-5-10-6(13-12-5)11-7(16)9-4-1-2-17(14,15)3-4/h4H,1-3H2,(H5-,8,9,10,11,12,13,14,15,16)/p+1/t4-/m0/s1. The highest BCUT2D eigenvalue weighted by atomic mass is 32.3. The zero-order valence-electron chi connectivity index (χ0n) is 8.84. The number of rotatable bonds is 2. The molecule has 0 radical (unpaired) electrons. The number of anilines is 2. The SMILES string of the molecule is Nc1nc(NC(=S)N[C@H]2CC[S+](=O)(O)C2)n[nH]1. The van der Waals surface area contributed by atoms with Crippen LogP contribution in [-0.4, -0.2) is 42.4 Å². The molecule has 2 atom stereocenters. The molecule has 10 heteroatoms. The second-order valence-electron chi connectivity index (χ2n) is 3.77. The van der Waals surface area contributed by atoms with Crippen molar-refractivity contribution < 1.29 is 8.76 Å². The molecule has 1 unspecified atom stereocenters. The van der Waals surface area contributed by atoms with E-state index >= 15 is 0 Å². The summed E-state index contributed by atoms with van der Waals surface area (Å²) in [6.07, 6.45) is 0.618. The van der Waals surface area contributed by atoms with Crippen LogP contribution in [0, 0.1) is 0 Å². The van der Waals surface area contributed by atoms with Crippen molar-refractivity contribution in [3.05, 3.63) is 0 Å². The van der Waals surface area contributed by atoms with Gasteiger partial charge in [-0.15, -0.1) is 5.10 Å². The van der Waals surface area contributed by atoms with Crippen molar-refractivity contribution in [3.63, 3.8) is 0 Å². The summed E-state index contributed by atoms with van der Waals surface area (Å²) in [4.78, 5) is 3.82. The lowest BCUT2D eigenvalue weighted by Gasteiger charge is -2.11. The van der Waals surface area contributed by atoms with E-state index in [1.54, 1.807) is 0 Å². The molecule has 0 saturated carbocycles. The van der Waals surface area contributed by atoms with Gasteiger partial charge in [0, 0.05) is 6.42 Å². The van der Waals surface area contributed by atoms with Crippen molar-refractivity contribution in [2.24, 2.45) is 0 Å². The monoisotopic (exact) mass is 277 g/mol. The van der Waals surface area contributed by atoms with Crippen molar-refractivity contribution in [3.8, 4) is 0 Å². The average Bonchev–Trinajstić information content (AvgIpc) is 2.73. The molecule has 1 aromatic heterocycles. The van der Waals surface area contributed by atoms with Gasteiger partial charge >= 0.3 is 0 Å². The van der Waals surface area contributed by atoms with E-state index < -0.39 is 10.2 Å². The molecule has 17 heavy (non-hydrogen) atoms. The fourth-order valence-corrected chi connectivity index (χ4v) is 3.53. The number of nitrogen functional groups attached to an aromatic ring is 1. The number of thiocarbonyl (C=S) groups is 1. The first-order valence-corrected chi connectivity index (χ1v) is 7.18. The predicted molar refractivity (Wildman–Crippen MR) is 69.0 cm³/mol. The first-order valence-electron chi connectivity index (χ1n) is 4.92. The van der Waals surface area contributed by atoms with Crippen LogP contribution in [0.4, 0.5) is 11.9 Å². The van der Waals surface area contributed by atoms with Crippen LogP contribution < -0.4 is 16.4 Å². The third-order valence-corrected chi connectivity index (χ3v) is 4.33. The minimum absolute atomic E-state index is 0.0937. The number of nitrogens with zero attached hydrogens (tertiary/aromatic N) is 2. The van der Waals surface area contributed by atoms with Crippen molar-refractivity contribution >= 4 is 39.4 Å². The zero-order valence-corrected chi connectivity index (χ0v) is 10.5. The number of hydrogen-bond donors (Lipinski definition) is 5. The third kappa shape index (κ3) is 3.35. The van der Waals surface area contributed by atoms with Gasteiger partial charge in [0.1, 0.15) is 5.75 Å². The lowest BCUT2D eigenvalue weighted by molar-refractivity contribution is 0.502. The zero-order chi connectivity index (χ0) is 12.5. The quantitative estimate of drug-likeness (QED) is 0.358. The summed E-state index contributed by atoms with van der Waals surface area (Å²) in [5.41, 5.74) is 5.35. The minimum atomic E-state index is -2.67. The van der Waals surface area contributed by atoms with E-state index in [0.717, 1.165) is 0 Å². The summed E-state index contributed by atoms with van der Waals surface area (Å²) < 4.78 is 20.7. The Bertz CT molecular complexity index is 475. The second kappa shape index (κ2) is 4.55. The number of H-pyrrole nitrogens is 1. The number of aromatic nitrogens is 3. The summed E-state index contributed by atoms with van der Waals surface area (Å²) in [6, 6.07) is -0.0937. The van der Waals surface area contributed by atoms with Crippen LogP contribution >= 0.6 is 12.2 Å². The molecule has 94 valence electrons. The van der Waals surface area contributed by atoms with Gasteiger partial charge in [-0.3, -0.25) is 5.32 Å². The molecule has 0 spiro atoms. The fraction of sp³-hybridized carbons (Fsp3) is 0.571. The van der Waals surface area contributed by atoms with Crippen LogP contribution in [0.15, 0.2) is 0 Å². The van der Waals surface area contributed by atoms with Gasteiger partial charge in [-0.05, 0) is 12.2 Å². The Morgan fingerprint density at radius 3 is 3.00 bits per heavy atom. The molecule has 1 aromatic rings. The highest BCUT2D eigenvalue weighted by Gasteiger charge is 2.38. The molecule has 2 heterocycles. The first kappa shape index (κ1) is 12.2. The lowest BCUT2D eigenvalue weighted by Crippen LogP contribution is -2.39. The van der Waals surface area contributed by atoms with Gasteiger partial charge in [0.2, 0.25) is 22.1 Å². The molecule has 0 amide bonds. The molecule has 8 nitrogen and oxygen atoms in total. The van der Waals surface area contributed by atoms with E-state index in [1.165, 1.54) is 0 Å². The van der Waals surface area contributed by atoms with E-state index in [1.807, 2.05) is 0 Å². The van der Waals surface area contributed by atoms with Gasteiger partial charge < -0.3 is 11.1 Å². The topological polar surface area (TPSA) is 129 Å². The Labute approximate surface area is 104 Å². The fourth-order valence-electron chi connectivity index (χ4n) is 1.57. The molecule has 2 rings (SSSR count). The number of hydrogen-bond acceptors (Lipinski definition) is 5. The Morgan fingerprint density at radius 2 is 2.47 bits per heavy atom. The largest absolute Gasteiger partial charge is 0.368 e.